The van der Waals surface area contributed by atoms with E-state index in [0.717, 1.165) is 29.4 Å². The first-order valence-corrected chi connectivity index (χ1v) is 11.5. The first-order chi connectivity index (χ1) is 14.9. The highest BCUT2D eigenvalue weighted by Crippen LogP contribution is 2.24. The predicted molar refractivity (Wildman–Crippen MR) is 117 cm³/mol. The molecule has 0 amide bonds. The summed E-state index contributed by atoms with van der Waals surface area (Å²) in [5.74, 6) is 2.56. The fraction of sp³-hybridized carbons (Fsp3) is 0.318. The zero-order chi connectivity index (χ0) is 22.0. The van der Waals surface area contributed by atoms with E-state index in [4.69, 9.17) is 13.8 Å². The van der Waals surface area contributed by atoms with Gasteiger partial charge in [0.1, 0.15) is 17.3 Å². The van der Waals surface area contributed by atoms with Crippen LogP contribution < -0.4 is 0 Å². The molecule has 0 unspecified atom stereocenters. The minimum absolute atomic E-state index is 0.236. The lowest BCUT2D eigenvalue weighted by Crippen LogP contribution is -2.24. The first-order valence-electron chi connectivity index (χ1n) is 10.1. The Hall–Kier alpha value is -2.88. The van der Waals surface area contributed by atoms with Crippen molar-refractivity contribution in [2.45, 2.75) is 38.0 Å². The normalized spacial score (nSPS) is 12.4. The standard InChI is InChI=1S/C22H26N4O4S/c1-4-26-21-10-9-19(31(27,28)24(2)3)13-20(21)23-22(26)16-25(14-17-7-5-11-29-17)15-18-8-6-12-30-18/h5-13H,4,14-16H2,1-3H3. The van der Waals surface area contributed by atoms with Gasteiger partial charge in [-0.05, 0) is 49.4 Å². The van der Waals surface area contributed by atoms with Crippen LogP contribution in [0.15, 0.2) is 68.7 Å². The maximum absolute atomic E-state index is 12.5. The van der Waals surface area contributed by atoms with Gasteiger partial charge in [-0.3, -0.25) is 4.90 Å². The van der Waals surface area contributed by atoms with Crippen LogP contribution in [0, 0.1) is 0 Å². The number of imidazole rings is 1. The predicted octanol–water partition coefficient (Wildman–Crippen LogP) is 3.69. The maximum Gasteiger partial charge on any atom is 0.242 e. The van der Waals surface area contributed by atoms with Gasteiger partial charge in [-0.1, -0.05) is 0 Å². The van der Waals surface area contributed by atoms with Crippen molar-refractivity contribution in [1.29, 1.82) is 0 Å². The summed E-state index contributed by atoms with van der Waals surface area (Å²) in [5, 5.41) is 0. The molecule has 0 spiro atoms. The van der Waals surface area contributed by atoms with Crippen LogP contribution in [0.1, 0.15) is 24.3 Å². The van der Waals surface area contributed by atoms with E-state index in [1.807, 2.05) is 30.3 Å². The molecule has 8 nitrogen and oxygen atoms in total. The molecule has 4 rings (SSSR count). The summed E-state index contributed by atoms with van der Waals surface area (Å²) in [4.78, 5) is 7.21. The number of fused-ring (bicyclic) bond motifs is 1. The molecule has 164 valence electrons. The SMILES string of the molecule is CCn1c(CN(Cc2ccco2)Cc2ccco2)nc2cc(S(=O)(=O)N(C)C)ccc21. The molecule has 9 heteroatoms. The monoisotopic (exact) mass is 442 g/mol. The number of benzene rings is 1. The van der Waals surface area contributed by atoms with E-state index in [1.165, 1.54) is 18.4 Å². The van der Waals surface area contributed by atoms with Crippen molar-refractivity contribution in [3.05, 3.63) is 72.3 Å². The highest BCUT2D eigenvalue weighted by molar-refractivity contribution is 7.89. The molecule has 0 radical (unpaired) electrons. The minimum atomic E-state index is -3.52. The van der Waals surface area contributed by atoms with Gasteiger partial charge >= 0.3 is 0 Å². The Morgan fingerprint density at radius 2 is 1.61 bits per heavy atom. The van der Waals surface area contributed by atoms with E-state index in [0.29, 0.717) is 25.2 Å². The molecule has 0 atom stereocenters. The maximum atomic E-state index is 12.5. The second-order valence-corrected chi connectivity index (χ2v) is 9.67. The Morgan fingerprint density at radius 1 is 0.968 bits per heavy atom. The Balaban J connectivity index is 1.68. The molecule has 0 aliphatic heterocycles. The summed E-state index contributed by atoms with van der Waals surface area (Å²) in [7, 11) is -0.472. The van der Waals surface area contributed by atoms with Crippen molar-refractivity contribution in [3.63, 3.8) is 0 Å². The molecular weight excluding hydrogens is 416 g/mol. The van der Waals surface area contributed by atoms with Crippen LogP contribution in [-0.4, -0.2) is 41.3 Å². The lowest BCUT2D eigenvalue weighted by atomic mass is 10.3. The molecule has 3 aromatic heterocycles. The van der Waals surface area contributed by atoms with Crippen molar-refractivity contribution in [3.8, 4) is 0 Å². The Kier molecular flexibility index (Phi) is 5.99. The van der Waals surface area contributed by atoms with Gasteiger partial charge in [0.25, 0.3) is 0 Å². The van der Waals surface area contributed by atoms with Crippen LogP contribution in [0.3, 0.4) is 0 Å². The first kappa shape index (κ1) is 21.4. The number of hydrogen-bond acceptors (Lipinski definition) is 6. The van der Waals surface area contributed by atoms with Gasteiger partial charge < -0.3 is 13.4 Å². The summed E-state index contributed by atoms with van der Waals surface area (Å²) in [5.41, 5.74) is 1.57. The van der Waals surface area contributed by atoms with E-state index >= 15 is 0 Å². The molecule has 1 aromatic carbocycles. The number of hydrogen-bond donors (Lipinski definition) is 0. The fourth-order valence-electron chi connectivity index (χ4n) is 3.62. The van der Waals surface area contributed by atoms with Crippen LogP contribution in [0.5, 0.6) is 0 Å². The van der Waals surface area contributed by atoms with E-state index in [9.17, 15) is 8.42 Å². The lowest BCUT2D eigenvalue weighted by molar-refractivity contribution is 0.202. The van der Waals surface area contributed by atoms with Crippen LogP contribution in [0.25, 0.3) is 11.0 Å². The molecular formula is C22H26N4O4S. The van der Waals surface area contributed by atoms with E-state index in [-0.39, 0.29) is 4.90 Å². The second-order valence-electron chi connectivity index (χ2n) is 7.51. The van der Waals surface area contributed by atoms with Crippen molar-refractivity contribution in [2.75, 3.05) is 14.1 Å². The smallest absolute Gasteiger partial charge is 0.242 e. The minimum Gasteiger partial charge on any atom is -0.468 e. The number of aromatic nitrogens is 2. The third-order valence-corrected chi connectivity index (χ3v) is 6.99. The van der Waals surface area contributed by atoms with Crippen molar-refractivity contribution >= 4 is 21.1 Å². The number of aryl methyl sites for hydroxylation is 1. The van der Waals surface area contributed by atoms with E-state index in [2.05, 4.69) is 16.4 Å². The summed E-state index contributed by atoms with van der Waals surface area (Å²) in [6.07, 6.45) is 3.32. The van der Waals surface area contributed by atoms with Gasteiger partial charge in [0.05, 0.1) is 48.1 Å². The van der Waals surface area contributed by atoms with E-state index < -0.39 is 10.0 Å². The number of nitrogens with zero attached hydrogens (tertiary/aromatic N) is 4. The molecule has 0 bridgehead atoms. The second kappa shape index (κ2) is 8.70. The van der Waals surface area contributed by atoms with Crippen LogP contribution >= 0.6 is 0 Å². The zero-order valence-corrected chi connectivity index (χ0v) is 18.7. The van der Waals surface area contributed by atoms with Gasteiger partial charge in [-0.2, -0.15) is 0 Å². The summed E-state index contributed by atoms with van der Waals surface area (Å²) in [6.45, 7) is 4.53. The Morgan fingerprint density at radius 3 is 2.13 bits per heavy atom. The Labute approximate surface area is 181 Å². The van der Waals surface area contributed by atoms with E-state index in [1.54, 1.807) is 24.7 Å². The van der Waals surface area contributed by atoms with Crippen molar-refractivity contribution < 1.29 is 17.3 Å². The van der Waals surface area contributed by atoms with Gasteiger partial charge in [0.15, 0.2) is 0 Å². The molecule has 0 N–H and O–H groups in total. The highest BCUT2D eigenvalue weighted by atomic mass is 32.2. The molecule has 0 saturated heterocycles. The molecule has 0 aliphatic carbocycles. The number of sulfonamides is 1. The molecule has 4 aromatic rings. The largest absolute Gasteiger partial charge is 0.468 e. The third kappa shape index (κ3) is 4.43. The average molecular weight is 443 g/mol. The van der Waals surface area contributed by atoms with Gasteiger partial charge in [0.2, 0.25) is 10.0 Å². The van der Waals surface area contributed by atoms with Crippen molar-refractivity contribution in [1.82, 2.24) is 18.8 Å². The number of rotatable bonds is 9. The average Bonchev–Trinajstić information content (AvgIpc) is 3.48. The van der Waals surface area contributed by atoms with Crippen LogP contribution in [0.4, 0.5) is 0 Å². The summed E-state index contributed by atoms with van der Waals surface area (Å²) >= 11 is 0. The van der Waals surface area contributed by atoms with Gasteiger partial charge in [0, 0.05) is 20.6 Å². The zero-order valence-electron chi connectivity index (χ0n) is 17.9. The molecule has 3 heterocycles. The summed E-state index contributed by atoms with van der Waals surface area (Å²) < 4.78 is 39.5. The summed E-state index contributed by atoms with van der Waals surface area (Å²) in [6, 6.07) is 12.7. The topological polar surface area (TPSA) is 84.7 Å². The molecule has 31 heavy (non-hydrogen) atoms. The lowest BCUT2D eigenvalue weighted by Gasteiger charge is -2.20. The van der Waals surface area contributed by atoms with Crippen molar-refractivity contribution in [2.24, 2.45) is 0 Å². The fourth-order valence-corrected chi connectivity index (χ4v) is 4.54. The molecule has 0 fully saturated rings. The van der Waals surface area contributed by atoms with Gasteiger partial charge in [-0.25, -0.2) is 17.7 Å². The quantitative estimate of drug-likeness (QED) is 0.393. The Bertz CT molecular complexity index is 1210. The van der Waals surface area contributed by atoms with Crippen LogP contribution in [0.2, 0.25) is 0 Å². The molecule has 0 aliphatic rings. The van der Waals surface area contributed by atoms with Crippen LogP contribution in [-0.2, 0) is 36.2 Å². The highest BCUT2D eigenvalue weighted by Gasteiger charge is 2.21. The van der Waals surface area contributed by atoms with Gasteiger partial charge in [-0.15, -0.1) is 0 Å². The third-order valence-electron chi connectivity index (χ3n) is 5.18. The molecule has 0 saturated carbocycles. The number of furan rings is 2.